The first-order valence-corrected chi connectivity index (χ1v) is 0.928. The molecule has 0 spiro atoms. The predicted molar refractivity (Wildman–Crippen MR) is 13.3 cm³/mol. The Labute approximate surface area is 24.1 Å². The van der Waals surface area contributed by atoms with E-state index in [2.05, 4.69) is 0 Å². The third-order valence-corrected chi connectivity index (χ3v) is 0. The molecule has 0 aromatic rings. The van der Waals surface area contributed by atoms with Crippen LogP contribution in [0.4, 0.5) is 0 Å². The van der Waals surface area contributed by atoms with E-state index in [4.69, 9.17) is 9.90 Å². The molecule has 4 heavy (non-hydrogen) atoms. The SMILES string of the molecule is C[13C](=[18O])[18OH]. The molecule has 0 aliphatic rings. The maximum atomic E-state index is 9.00. The van der Waals surface area contributed by atoms with Crippen molar-refractivity contribution in [1.82, 2.24) is 0 Å². The molecule has 1 N–H and O–H groups in total. The summed E-state index contributed by atoms with van der Waals surface area (Å²) < 4.78 is 0. The lowest BCUT2D eigenvalue weighted by Gasteiger charge is -1.59. The summed E-state index contributed by atoms with van der Waals surface area (Å²) in [6.07, 6.45) is 0. The summed E-state index contributed by atoms with van der Waals surface area (Å²) in [6, 6.07) is 0. The van der Waals surface area contributed by atoms with Gasteiger partial charge < -0.3 is 5.11 Å². The fourth-order valence-corrected chi connectivity index (χ4v) is 0. The maximum Gasteiger partial charge on any atom is 0.300 e. The molecule has 2 nitrogen and oxygen atoms in total. The van der Waals surface area contributed by atoms with E-state index in [-0.39, 0.29) is 0 Å². The van der Waals surface area contributed by atoms with Crippen molar-refractivity contribution in [1.29, 1.82) is 0 Å². The van der Waals surface area contributed by atoms with Gasteiger partial charge in [-0.25, -0.2) is 0 Å². The summed E-state index contributed by atoms with van der Waals surface area (Å²) in [7, 11) is 0. The van der Waals surface area contributed by atoms with Gasteiger partial charge in [-0.15, -0.1) is 0 Å². The van der Waals surface area contributed by atoms with Gasteiger partial charge in [0.2, 0.25) is 0 Å². The summed E-state index contributed by atoms with van der Waals surface area (Å²) in [5, 5.41) is 7.42. The van der Waals surface area contributed by atoms with E-state index in [1.54, 1.807) is 0 Å². The number of rotatable bonds is 0. The molecule has 0 fully saturated rings. The van der Waals surface area contributed by atoms with Crippen LogP contribution in [0.25, 0.3) is 0 Å². The molecule has 0 saturated carbocycles. The summed E-state index contributed by atoms with van der Waals surface area (Å²) >= 11 is 0. The molecular formula is C2H4O2. The quantitative estimate of drug-likeness (QED) is 0.321. The van der Waals surface area contributed by atoms with Crippen LogP contribution in [0.1, 0.15) is 6.92 Å². The van der Waals surface area contributed by atoms with E-state index in [1.165, 1.54) is 0 Å². The number of carbonyl (C=O) groups is 1. The monoisotopic (exact) mass is 65.0 g/mol. The van der Waals surface area contributed by atoms with Gasteiger partial charge in [-0.3, -0.25) is 4.79 Å². The van der Waals surface area contributed by atoms with Crippen LogP contribution in [0.2, 0.25) is 0 Å². The second kappa shape index (κ2) is 0.875. The van der Waals surface area contributed by atoms with Gasteiger partial charge in [-0.2, -0.15) is 0 Å². The van der Waals surface area contributed by atoms with Crippen molar-refractivity contribution in [3.8, 4) is 0 Å². The van der Waals surface area contributed by atoms with Gasteiger partial charge in [-0.05, 0) is 0 Å². The van der Waals surface area contributed by atoms with Crippen molar-refractivity contribution >= 4 is 5.97 Å². The normalized spacial score (nSPS) is 6.25. The van der Waals surface area contributed by atoms with E-state index >= 15 is 0 Å². The van der Waals surface area contributed by atoms with Crippen LogP contribution in [0, 0.1) is 0 Å². The van der Waals surface area contributed by atoms with Crippen LogP contribution >= 0.6 is 0 Å². The Morgan fingerprint density at radius 1 is 2.00 bits per heavy atom. The second-order valence-electron chi connectivity index (χ2n) is 0.519. The van der Waals surface area contributed by atoms with Crippen molar-refractivity contribution in [2.75, 3.05) is 0 Å². The minimum atomic E-state index is -0.833. The average molecular weight is 65.0 g/mol. The minimum absolute atomic E-state index is 0.833. The molecule has 0 rings (SSSR count). The first-order chi connectivity index (χ1) is 1.73. The standard InChI is InChI=1S/C2H4O2/c1-2(3)4/h1H3,(H,3,4)/i2+1,3+2,4+2. The van der Waals surface area contributed by atoms with Crippen LogP contribution in [0.5, 0.6) is 0 Å². The smallest absolute Gasteiger partial charge is 0.300 e. The van der Waals surface area contributed by atoms with Crippen LogP contribution in [-0.2, 0) is 4.79 Å². The highest BCUT2D eigenvalue weighted by atomic mass is 18.3. The van der Waals surface area contributed by atoms with Gasteiger partial charge in [0.1, 0.15) is 0 Å². The molecule has 0 aromatic heterocycles. The Bertz CT molecular complexity index is 27.0. The van der Waals surface area contributed by atoms with E-state index < -0.39 is 5.97 Å². The molecule has 0 saturated heterocycles. The molecule has 0 bridgehead atoms. The van der Waals surface area contributed by atoms with E-state index in [9.17, 15) is 0 Å². The van der Waals surface area contributed by atoms with Crippen molar-refractivity contribution in [2.45, 2.75) is 6.92 Å². The molecule has 0 atom stereocenters. The summed E-state index contributed by atoms with van der Waals surface area (Å²) in [4.78, 5) is 9.00. The topological polar surface area (TPSA) is 37.3 Å². The van der Waals surface area contributed by atoms with Gasteiger partial charge in [0.25, 0.3) is 5.97 Å². The molecule has 0 unspecified atom stereocenters. The van der Waals surface area contributed by atoms with E-state index in [1.807, 2.05) is 0 Å². The average Bonchev–Trinajstić information content (AvgIpc) is 0.811. The van der Waals surface area contributed by atoms with Crippen LogP contribution in [0.3, 0.4) is 0 Å². The predicted octanol–water partition coefficient (Wildman–Crippen LogP) is 0.0909. The third-order valence-electron chi connectivity index (χ3n) is 0. The number of hydrogen-bond acceptors (Lipinski definition) is 1. The Morgan fingerprint density at radius 3 is 2.00 bits per heavy atom. The van der Waals surface area contributed by atoms with Gasteiger partial charge in [0.05, 0.1) is 0 Å². The molecule has 24 valence electrons. The van der Waals surface area contributed by atoms with Crippen molar-refractivity contribution in [3.63, 3.8) is 0 Å². The molecule has 0 aliphatic heterocycles. The summed E-state index contributed by atoms with van der Waals surface area (Å²) in [5.74, 6) is -0.833. The summed E-state index contributed by atoms with van der Waals surface area (Å²) in [6.45, 7) is 1.08. The zero-order chi connectivity index (χ0) is 3.58. The van der Waals surface area contributed by atoms with E-state index in [0.717, 1.165) is 6.92 Å². The van der Waals surface area contributed by atoms with Crippen molar-refractivity contribution in [3.05, 3.63) is 0 Å². The molecule has 0 aromatic carbocycles. The Kier molecular flexibility index (Phi) is 0.759. The second-order valence-corrected chi connectivity index (χ2v) is 0.519. The van der Waals surface area contributed by atoms with Gasteiger partial charge in [-0.1, -0.05) is 0 Å². The highest BCUT2D eigenvalue weighted by Gasteiger charge is 1.65. The lowest BCUT2D eigenvalue weighted by atomic mass is 11.3. The lowest BCUT2D eigenvalue weighted by Crippen LogP contribution is -1.78. The molecule has 0 amide bonds. The Balaban J connectivity index is 2.80. The van der Waals surface area contributed by atoms with Crippen molar-refractivity contribution < 1.29 is 9.90 Å². The third kappa shape index (κ3) is 1.16. The molecular weight excluding hydrogens is 61.0 g/mol. The van der Waals surface area contributed by atoms with Gasteiger partial charge in [0, 0.05) is 6.92 Å². The van der Waals surface area contributed by atoms with Gasteiger partial charge >= 0.3 is 0 Å². The minimum Gasteiger partial charge on any atom is -0.481 e. The number of aliphatic carboxylic acids is 1. The molecule has 0 radical (unpaired) electrons. The molecule has 2 heteroatoms. The zero-order valence-corrected chi connectivity index (χ0v) is 2.36. The van der Waals surface area contributed by atoms with Crippen LogP contribution < -0.4 is 0 Å². The highest BCUT2D eigenvalue weighted by molar-refractivity contribution is 5.62. The molecule has 0 heterocycles. The summed E-state index contributed by atoms with van der Waals surface area (Å²) in [5.41, 5.74) is 0. The number of carboxylic acids is 1. The first kappa shape index (κ1) is 3.47. The highest BCUT2D eigenvalue weighted by Crippen LogP contribution is 1.42. The molecule has 0 aliphatic carbocycles. The van der Waals surface area contributed by atoms with Crippen LogP contribution in [0.15, 0.2) is 0 Å². The van der Waals surface area contributed by atoms with Crippen molar-refractivity contribution in [2.24, 2.45) is 0 Å². The van der Waals surface area contributed by atoms with Crippen LogP contribution in [-0.4, -0.2) is 11.1 Å². The number of hydrogen-bond donors (Lipinski definition) is 1. The largest absolute Gasteiger partial charge is 0.481 e. The fourth-order valence-electron chi connectivity index (χ4n) is 0. The first-order valence-electron chi connectivity index (χ1n) is 0.928. The Hall–Kier alpha value is -0.530. The zero-order valence-electron chi connectivity index (χ0n) is 2.36. The van der Waals surface area contributed by atoms with E-state index in [0.29, 0.717) is 0 Å². The maximum absolute atomic E-state index is 9.00. The fraction of sp³-hybridized carbons (Fsp3) is 0.500. The lowest BCUT2D eigenvalue weighted by molar-refractivity contribution is -0.134. The Morgan fingerprint density at radius 2 is 2.00 bits per heavy atom. The number of carboxylic acid groups (broad SMARTS) is 1. The van der Waals surface area contributed by atoms with Gasteiger partial charge in [0.15, 0.2) is 0 Å².